The SMILES string of the molecule is C[C@@H]1CCC[C@@H](CC(=O)NC2(c3noc(CN(C)C)n3)CCCC2)C1. The van der Waals surface area contributed by atoms with Gasteiger partial charge in [0.15, 0.2) is 5.82 Å². The Labute approximate surface area is 150 Å². The van der Waals surface area contributed by atoms with Crippen LogP contribution >= 0.6 is 0 Å². The van der Waals surface area contributed by atoms with Gasteiger partial charge in [0.05, 0.1) is 6.54 Å². The van der Waals surface area contributed by atoms with E-state index < -0.39 is 5.54 Å². The third kappa shape index (κ3) is 4.60. The Bertz CT molecular complexity index is 578. The Balaban J connectivity index is 1.65. The largest absolute Gasteiger partial charge is 0.343 e. The number of rotatable bonds is 6. The molecule has 2 atom stereocenters. The lowest BCUT2D eigenvalue weighted by atomic mass is 9.80. The molecule has 2 saturated carbocycles. The van der Waals surface area contributed by atoms with Gasteiger partial charge in [0.25, 0.3) is 0 Å². The van der Waals surface area contributed by atoms with E-state index in [1.165, 1.54) is 25.7 Å². The lowest BCUT2D eigenvalue weighted by Gasteiger charge is -2.30. The average molecular weight is 348 g/mol. The summed E-state index contributed by atoms with van der Waals surface area (Å²) in [6.45, 7) is 2.92. The Morgan fingerprint density at radius 1 is 1.28 bits per heavy atom. The summed E-state index contributed by atoms with van der Waals surface area (Å²) in [5.74, 6) is 2.70. The van der Waals surface area contributed by atoms with Crippen LogP contribution in [0.3, 0.4) is 0 Å². The van der Waals surface area contributed by atoms with Gasteiger partial charge in [0.2, 0.25) is 11.8 Å². The zero-order valence-electron chi connectivity index (χ0n) is 15.9. The fourth-order valence-electron chi connectivity index (χ4n) is 4.49. The summed E-state index contributed by atoms with van der Waals surface area (Å²) in [7, 11) is 3.95. The summed E-state index contributed by atoms with van der Waals surface area (Å²) >= 11 is 0. The number of nitrogens with zero attached hydrogens (tertiary/aromatic N) is 3. The number of hydrogen-bond donors (Lipinski definition) is 1. The van der Waals surface area contributed by atoms with E-state index in [1.54, 1.807) is 0 Å². The van der Waals surface area contributed by atoms with Crippen LogP contribution in [-0.2, 0) is 16.9 Å². The van der Waals surface area contributed by atoms with Crippen molar-refractivity contribution in [1.29, 1.82) is 0 Å². The highest BCUT2D eigenvalue weighted by atomic mass is 16.5. The molecule has 3 rings (SSSR count). The van der Waals surface area contributed by atoms with Crippen LogP contribution in [0.5, 0.6) is 0 Å². The smallest absolute Gasteiger partial charge is 0.240 e. The predicted octanol–water partition coefficient (Wildman–Crippen LogP) is 3.23. The molecule has 1 N–H and O–H groups in total. The van der Waals surface area contributed by atoms with Crippen LogP contribution in [0, 0.1) is 11.8 Å². The van der Waals surface area contributed by atoms with Gasteiger partial charge in [-0.2, -0.15) is 4.98 Å². The topological polar surface area (TPSA) is 71.3 Å². The van der Waals surface area contributed by atoms with Crippen LogP contribution in [-0.4, -0.2) is 35.0 Å². The minimum absolute atomic E-state index is 0.153. The van der Waals surface area contributed by atoms with Gasteiger partial charge in [-0.15, -0.1) is 0 Å². The first-order chi connectivity index (χ1) is 12.0. The van der Waals surface area contributed by atoms with Gasteiger partial charge in [0.1, 0.15) is 5.54 Å². The molecule has 0 aliphatic heterocycles. The molecule has 140 valence electrons. The van der Waals surface area contributed by atoms with Crippen molar-refractivity contribution in [3.8, 4) is 0 Å². The Hall–Kier alpha value is -1.43. The quantitative estimate of drug-likeness (QED) is 0.854. The highest BCUT2D eigenvalue weighted by molar-refractivity contribution is 5.77. The molecule has 2 aliphatic rings. The minimum Gasteiger partial charge on any atom is -0.343 e. The van der Waals surface area contributed by atoms with Crippen LogP contribution in [0.25, 0.3) is 0 Å². The van der Waals surface area contributed by atoms with Crippen LogP contribution in [0.2, 0.25) is 0 Å². The summed E-state index contributed by atoms with van der Waals surface area (Å²) in [4.78, 5) is 19.3. The first-order valence-corrected chi connectivity index (χ1v) is 9.76. The second-order valence-electron chi connectivity index (χ2n) is 8.43. The van der Waals surface area contributed by atoms with Crippen LogP contribution in [0.4, 0.5) is 0 Å². The highest BCUT2D eigenvalue weighted by Crippen LogP contribution is 2.38. The van der Waals surface area contributed by atoms with Crippen LogP contribution in [0.1, 0.15) is 76.4 Å². The number of nitrogens with one attached hydrogen (secondary N) is 1. The summed E-state index contributed by atoms with van der Waals surface area (Å²) in [5, 5.41) is 7.51. The van der Waals surface area contributed by atoms with Gasteiger partial charge in [-0.1, -0.05) is 37.8 Å². The molecule has 6 heteroatoms. The molecule has 0 saturated heterocycles. The molecule has 0 radical (unpaired) electrons. The van der Waals surface area contributed by atoms with Crippen molar-refractivity contribution >= 4 is 5.91 Å². The van der Waals surface area contributed by atoms with Crippen molar-refractivity contribution in [3.05, 3.63) is 11.7 Å². The molecule has 0 spiro atoms. The van der Waals surface area contributed by atoms with E-state index in [1.807, 2.05) is 19.0 Å². The molecule has 0 bridgehead atoms. The maximum absolute atomic E-state index is 12.7. The molecule has 2 aliphatic carbocycles. The van der Waals surface area contributed by atoms with Gasteiger partial charge < -0.3 is 14.7 Å². The Morgan fingerprint density at radius 2 is 2.04 bits per heavy atom. The fraction of sp³-hybridized carbons (Fsp3) is 0.842. The standard InChI is InChI=1S/C19H32N4O2/c1-14-7-6-8-15(11-14)12-16(24)21-19(9-4-5-10-19)18-20-17(25-22-18)13-23(2)3/h14-15H,4-13H2,1-3H3,(H,21,24)/t14-,15-/m1/s1. The molecule has 1 amide bonds. The minimum atomic E-state index is -0.425. The monoisotopic (exact) mass is 348 g/mol. The maximum atomic E-state index is 12.7. The molecule has 1 aromatic heterocycles. The lowest BCUT2D eigenvalue weighted by Crippen LogP contribution is -2.45. The van der Waals surface area contributed by atoms with Crippen molar-refractivity contribution in [3.63, 3.8) is 0 Å². The van der Waals surface area contributed by atoms with E-state index in [2.05, 4.69) is 22.4 Å². The summed E-state index contributed by atoms with van der Waals surface area (Å²) in [5.41, 5.74) is -0.425. The normalized spacial score (nSPS) is 26.1. The van der Waals surface area contributed by atoms with Crippen LogP contribution < -0.4 is 5.32 Å². The molecular formula is C19H32N4O2. The second-order valence-corrected chi connectivity index (χ2v) is 8.43. The summed E-state index contributed by atoms with van der Waals surface area (Å²) in [6.07, 6.45) is 9.55. The van der Waals surface area contributed by atoms with Crippen molar-refractivity contribution in [1.82, 2.24) is 20.4 Å². The van der Waals surface area contributed by atoms with E-state index in [9.17, 15) is 4.79 Å². The molecule has 1 aromatic rings. The Kier molecular flexibility index (Phi) is 5.77. The van der Waals surface area contributed by atoms with Gasteiger partial charge in [-0.25, -0.2) is 0 Å². The Morgan fingerprint density at radius 3 is 2.72 bits per heavy atom. The molecule has 1 heterocycles. The summed E-state index contributed by atoms with van der Waals surface area (Å²) < 4.78 is 5.40. The second kappa shape index (κ2) is 7.85. The third-order valence-electron chi connectivity index (χ3n) is 5.70. The van der Waals surface area contributed by atoms with Gasteiger partial charge in [-0.05, 0) is 51.6 Å². The molecular weight excluding hydrogens is 316 g/mol. The lowest BCUT2D eigenvalue weighted by molar-refractivity contribution is -0.124. The number of amides is 1. The molecule has 0 aromatic carbocycles. The number of hydrogen-bond acceptors (Lipinski definition) is 5. The van der Waals surface area contributed by atoms with Crippen LogP contribution in [0.15, 0.2) is 4.52 Å². The fourth-order valence-corrected chi connectivity index (χ4v) is 4.49. The van der Waals surface area contributed by atoms with Crippen molar-refractivity contribution in [2.45, 2.75) is 76.8 Å². The van der Waals surface area contributed by atoms with Gasteiger partial charge in [-0.3, -0.25) is 4.79 Å². The average Bonchev–Trinajstić information content (AvgIpc) is 3.17. The van der Waals surface area contributed by atoms with Gasteiger partial charge >= 0.3 is 0 Å². The van der Waals surface area contributed by atoms with E-state index >= 15 is 0 Å². The first-order valence-electron chi connectivity index (χ1n) is 9.76. The number of carbonyl (C=O) groups is 1. The molecule has 2 fully saturated rings. The maximum Gasteiger partial charge on any atom is 0.240 e. The summed E-state index contributed by atoms with van der Waals surface area (Å²) in [6, 6.07) is 0. The highest BCUT2D eigenvalue weighted by Gasteiger charge is 2.41. The molecule has 6 nitrogen and oxygen atoms in total. The van der Waals surface area contributed by atoms with Crippen molar-refractivity contribution in [2.24, 2.45) is 11.8 Å². The first kappa shape index (κ1) is 18.4. The zero-order valence-corrected chi connectivity index (χ0v) is 15.9. The van der Waals surface area contributed by atoms with Crippen molar-refractivity contribution < 1.29 is 9.32 Å². The third-order valence-corrected chi connectivity index (χ3v) is 5.70. The van der Waals surface area contributed by atoms with E-state index in [-0.39, 0.29) is 5.91 Å². The molecule has 25 heavy (non-hydrogen) atoms. The van der Waals surface area contributed by atoms with Gasteiger partial charge in [0, 0.05) is 6.42 Å². The number of carbonyl (C=O) groups excluding carboxylic acids is 1. The molecule has 0 unspecified atom stereocenters. The predicted molar refractivity (Wildman–Crippen MR) is 95.7 cm³/mol. The zero-order chi connectivity index (χ0) is 17.9. The van der Waals surface area contributed by atoms with E-state index in [0.29, 0.717) is 30.6 Å². The van der Waals surface area contributed by atoms with E-state index in [4.69, 9.17) is 4.52 Å². The number of aromatic nitrogens is 2. The van der Waals surface area contributed by atoms with Crippen molar-refractivity contribution in [2.75, 3.05) is 14.1 Å². The van der Waals surface area contributed by atoms with E-state index in [0.717, 1.165) is 31.6 Å².